The van der Waals surface area contributed by atoms with E-state index in [1.54, 1.807) is 6.33 Å². The monoisotopic (exact) mass is 296 g/mol. The van der Waals surface area contributed by atoms with E-state index in [4.69, 9.17) is 0 Å². The molecule has 0 spiro atoms. The zero-order valence-electron chi connectivity index (χ0n) is 13.4. The Morgan fingerprint density at radius 2 is 1.95 bits per heavy atom. The molecule has 1 heterocycles. The summed E-state index contributed by atoms with van der Waals surface area (Å²) in [5.74, 6) is 1.59. The fraction of sp³-hybridized carbons (Fsp3) is 0.444. The minimum Gasteiger partial charge on any atom is -0.363 e. The summed E-state index contributed by atoms with van der Waals surface area (Å²) in [6, 6.07) is 13.0. The van der Waals surface area contributed by atoms with Crippen molar-refractivity contribution in [2.24, 2.45) is 0 Å². The van der Waals surface area contributed by atoms with Crippen LogP contribution in [0.2, 0.25) is 0 Å². The van der Waals surface area contributed by atoms with Gasteiger partial charge in [-0.15, -0.1) is 0 Å². The van der Waals surface area contributed by atoms with Gasteiger partial charge >= 0.3 is 0 Å². The molecule has 0 aliphatic heterocycles. The molecule has 4 heteroatoms. The number of aromatic nitrogens is 2. The van der Waals surface area contributed by atoms with Gasteiger partial charge in [-0.1, -0.05) is 30.3 Å². The molecule has 0 bridgehead atoms. The maximum atomic E-state index is 4.41. The van der Waals surface area contributed by atoms with Crippen molar-refractivity contribution in [3.63, 3.8) is 0 Å². The zero-order chi connectivity index (χ0) is 15.4. The molecule has 0 saturated heterocycles. The first-order valence-corrected chi connectivity index (χ1v) is 8.00. The van der Waals surface area contributed by atoms with Crippen molar-refractivity contribution in [2.45, 2.75) is 31.2 Å². The standard InChI is InChI=1S/C18H24N4/c1-22(2)11-10-16(14-6-4-3-5-7-14)21-18-12-17(15-8-9-15)19-13-20-18/h3-7,12-13,15-16H,8-11H2,1-2H3,(H,19,20,21). The van der Waals surface area contributed by atoms with Gasteiger partial charge in [0.15, 0.2) is 0 Å². The molecule has 1 aromatic heterocycles. The van der Waals surface area contributed by atoms with Crippen LogP contribution in [-0.2, 0) is 0 Å². The molecule has 1 saturated carbocycles. The Morgan fingerprint density at radius 1 is 1.18 bits per heavy atom. The Bertz CT molecular complexity index is 593. The van der Waals surface area contributed by atoms with Gasteiger partial charge in [-0.3, -0.25) is 0 Å². The van der Waals surface area contributed by atoms with Gasteiger partial charge < -0.3 is 10.2 Å². The Labute approximate surface area is 132 Å². The molecule has 22 heavy (non-hydrogen) atoms. The van der Waals surface area contributed by atoms with Crippen LogP contribution in [0.5, 0.6) is 0 Å². The number of anilines is 1. The molecule has 4 nitrogen and oxygen atoms in total. The first kappa shape index (κ1) is 15.0. The van der Waals surface area contributed by atoms with Gasteiger partial charge in [-0.25, -0.2) is 9.97 Å². The van der Waals surface area contributed by atoms with E-state index in [-0.39, 0.29) is 6.04 Å². The van der Waals surface area contributed by atoms with Crippen LogP contribution in [0.3, 0.4) is 0 Å². The molecule has 2 aromatic rings. The number of hydrogen-bond acceptors (Lipinski definition) is 4. The summed E-state index contributed by atoms with van der Waals surface area (Å²) < 4.78 is 0. The SMILES string of the molecule is CN(C)CCC(Nc1cc(C2CC2)ncn1)c1ccccc1. The number of rotatable bonds is 7. The third kappa shape index (κ3) is 4.04. The number of hydrogen-bond donors (Lipinski definition) is 1. The van der Waals surface area contributed by atoms with Crippen LogP contribution in [0, 0.1) is 0 Å². The normalized spacial score (nSPS) is 15.8. The molecule has 1 N–H and O–H groups in total. The molecule has 1 aliphatic rings. The topological polar surface area (TPSA) is 41.0 Å². The Hall–Kier alpha value is -1.94. The molecule has 0 radical (unpaired) electrons. The van der Waals surface area contributed by atoms with E-state index in [1.165, 1.54) is 24.1 Å². The fourth-order valence-electron chi connectivity index (χ4n) is 2.63. The van der Waals surface area contributed by atoms with Crippen LogP contribution in [0.4, 0.5) is 5.82 Å². The highest BCUT2D eigenvalue weighted by molar-refractivity contribution is 5.40. The lowest BCUT2D eigenvalue weighted by Gasteiger charge is -2.22. The molecular formula is C18H24N4. The van der Waals surface area contributed by atoms with Crippen LogP contribution < -0.4 is 5.32 Å². The molecule has 1 aromatic carbocycles. The summed E-state index contributed by atoms with van der Waals surface area (Å²) in [5, 5.41) is 3.60. The quantitative estimate of drug-likeness (QED) is 0.849. The Kier molecular flexibility index (Phi) is 4.68. The van der Waals surface area contributed by atoms with Crippen LogP contribution >= 0.6 is 0 Å². The van der Waals surface area contributed by atoms with E-state index in [1.807, 2.05) is 0 Å². The second kappa shape index (κ2) is 6.88. The van der Waals surface area contributed by atoms with Crippen LogP contribution in [0.25, 0.3) is 0 Å². The van der Waals surface area contributed by atoms with E-state index in [0.717, 1.165) is 18.8 Å². The van der Waals surface area contributed by atoms with Crippen molar-refractivity contribution in [2.75, 3.05) is 26.0 Å². The third-order valence-corrected chi connectivity index (χ3v) is 4.07. The molecule has 0 amide bonds. The summed E-state index contributed by atoms with van der Waals surface area (Å²) in [5.41, 5.74) is 2.48. The minimum absolute atomic E-state index is 0.269. The maximum absolute atomic E-state index is 4.41. The van der Waals surface area contributed by atoms with Gasteiger partial charge in [-0.05, 0) is 45.5 Å². The summed E-state index contributed by atoms with van der Waals surface area (Å²) in [6.07, 6.45) is 5.25. The second-order valence-electron chi connectivity index (χ2n) is 6.30. The van der Waals surface area contributed by atoms with Gasteiger partial charge in [0, 0.05) is 17.7 Å². The lowest BCUT2D eigenvalue weighted by Crippen LogP contribution is -2.20. The van der Waals surface area contributed by atoms with Crippen molar-refractivity contribution in [1.82, 2.24) is 14.9 Å². The molecule has 1 fully saturated rings. The van der Waals surface area contributed by atoms with Crippen molar-refractivity contribution in [3.8, 4) is 0 Å². The Morgan fingerprint density at radius 3 is 2.64 bits per heavy atom. The second-order valence-corrected chi connectivity index (χ2v) is 6.30. The lowest BCUT2D eigenvalue weighted by molar-refractivity contribution is 0.388. The predicted octanol–water partition coefficient (Wildman–Crippen LogP) is 3.46. The molecule has 3 rings (SSSR count). The van der Waals surface area contributed by atoms with Crippen LogP contribution in [0.1, 0.15) is 42.5 Å². The Balaban J connectivity index is 1.75. The zero-order valence-corrected chi connectivity index (χ0v) is 13.4. The molecular weight excluding hydrogens is 272 g/mol. The predicted molar refractivity (Wildman–Crippen MR) is 90.0 cm³/mol. The average molecular weight is 296 g/mol. The highest BCUT2D eigenvalue weighted by Gasteiger charge is 2.25. The number of nitrogens with one attached hydrogen (secondary N) is 1. The summed E-state index contributed by atoms with van der Waals surface area (Å²) in [6.45, 7) is 1.03. The molecule has 1 unspecified atom stereocenters. The lowest BCUT2D eigenvalue weighted by atomic mass is 10.0. The van der Waals surface area contributed by atoms with Gasteiger partial charge in [0.05, 0.1) is 6.04 Å². The molecule has 1 aliphatic carbocycles. The minimum atomic E-state index is 0.269. The van der Waals surface area contributed by atoms with Gasteiger partial charge in [0.2, 0.25) is 0 Å². The van der Waals surface area contributed by atoms with Crippen molar-refractivity contribution < 1.29 is 0 Å². The highest BCUT2D eigenvalue weighted by Crippen LogP contribution is 2.39. The first-order chi connectivity index (χ1) is 10.7. The van der Waals surface area contributed by atoms with Crippen LogP contribution in [0.15, 0.2) is 42.7 Å². The third-order valence-electron chi connectivity index (χ3n) is 4.07. The first-order valence-electron chi connectivity index (χ1n) is 8.00. The smallest absolute Gasteiger partial charge is 0.130 e. The number of nitrogens with zero attached hydrogens (tertiary/aromatic N) is 3. The molecule has 116 valence electrons. The largest absolute Gasteiger partial charge is 0.363 e. The van der Waals surface area contributed by atoms with E-state index < -0.39 is 0 Å². The van der Waals surface area contributed by atoms with Gasteiger partial charge in [-0.2, -0.15) is 0 Å². The average Bonchev–Trinajstić information content (AvgIpc) is 3.37. The van der Waals surface area contributed by atoms with Crippen molar-refractivity contribution in [3.05, 3.63) is 54.0 Å². The summed E-state index contributed by atoms with van der Waals surface area (Å²) >= 11 is 0. The molecule has 1 atom stereocenters. The van der Waals surface area contributed by atoms with E-state index in [9.17, 15) is 0 Å². The van der Waals surface area contributed by atoms with Gasteiger partial charge in [0.1, 0.15) is 12.1 Å². The van der Waals surface area contributed by atoms with Gasteiger partial charge in [0.25, 0.3) is 0 Å². The van der Waals surface area contributed by atoms with E-state index >= 15 is 0 Å². The fourth-order valence-corrected chi connectivity index (χ4v) is 2.63. The summed E-state index contributed by atoms with van der Waals surface area (Å²) in [4.78, 5) is 11.0. The van der Waals surface area contributed by atoms with Crippen molar-refractivity contribution >= 4 is 5.82 Å². The highest BCUT2D eigenvalue weighted by atomic mass is 15.1. The maximum Gasteiger partial charge on any atom is 0.130 e. The van der Waals surface area contributed by atoms with Crippen LogP contribution in [-0.4, -0.2) is 35.5 Å². The van der Waals surface area contributed by atoms with Crippen molar-refractivity contribution in [1.29, 1.82) is 0 Å². The summed E-state index contributed by atoms with van der Waals surface area (Å²) in [7, 11) is 4.22. The number of benzene rings is 1. The van der Waals surface area contributed by atoms with E-state index in [0.29, 0.717) is 5.92 Å². The van der Waals surface area contributed by atoms with E-state index in [2.05, 4.69) is 70.7 Å².